The van der Waals surface area contributed by atoms with Crippen LogP contribution in [0.2, 0.25) is 5.02 Å². The van der Waals surface area contributed by atoms with E-state index in [1.54, 1.807) is 12.4 Å². The number of halogens is 1. The second kappa shape index (κ2) is 12.0. The first-order valence-corrected chi connectivity index (χ1v) is 8.98. The van der Waals surface area contributed by atoms with E-state index in [0.717, 1.165) is 12.0 Å². The van der Waals surface area contributed by atoms with Crippen LogP contribution in [-0.2, 0) is 0 Å². The zero-order valence-electron chi connectivity index (χ0n) is 13.5. The Labute approximate surface area is 135 Å². The fraction of sp³-hybridized carbons (Fsp3) is 0.722. The zero-order chi connectivity index (χ0) is 15.3. The van der Waals surface area contributed by atoms with Crippen LogP contribution in [0.15, 0.2) is 18.5 Å². The van der Waals surface area contributed by atoms with Gasteiger partial charge in [-0.05, 0) is 18.1 Å². The van der Waals surface area contributed by atoms with E-state index in [2.05, 4.69) is 11.9 Å². The molecule has 3 heteroatoms. The number of nitrogens with two attached hydrogens (primary N) is 1. The number of nitrogens with zero attached hydrogens (tertiary/aromatic N) is 1. The molecular formula is C18H31ClN2. The topological polar surface area (TPSA) is 38.9 Å². The number of unbranched alkanes of at least 4 members (excludes halogenated alkanes) is 9. The minimum Gasteiger partial charge on any atom is -0.324 e. The molecule has 0 spiro atoms. The third-order valence-corrected chi connectivity index (χ3v) is 4.39. The number of rotatable bonds is 12. The fourth-order valence-corrected chi connectivity index (χ4v) is 2.95. The van der Waals surface area contributed by atoms with Gasteiger partial charge in [0.05, 0.1) is 5.02 Å². The molecule has 120 valence electrons. The normalized spacial score (nSPS) is 12.5. The van der Waals surface area contributed by atoms with Crippen LogP contribution in [0.3, 0.4) is 0 Å². The van der Waals surface area contributed by atoms with Crippen LogP contribution in [0.1, 0.15) is 89.2 Å². The van der Waals surface area contributed by atoms with E-state index in [-0.39, 0.29) is 6.04 Å². The van der Waals surface area contributed by atoms with Crippen molar-refractivity contribution in [3.8, 4) is 0 Å². The molecule has 1 aromatic heterocycles. The summed E-state index contributed by atoms with van der Waals surface area (Å²) in [7, 11) is 0. The minimum absolute atomic E-state index is 0.0505. The molecule has 21 heavy (non-hydrogen) atoms. The first-order valence-electron chi connectivity index (χ1n) is 8.60. The molecule has 0 saturated heterocycles. The summed E-state index contributed by atoms with van der Waals surface area (Å²) in [5, 5.41) is 0.692. The van der Waals surface area contributed by atoms with Crippen molar-refractivity contribution in [1.29, 1.82) is 0 Å². The van der Waals surface area contributed by atoms with Crippen molar-refractivity contribution >= 4 is 11.6 Å². The summed E-state index contributed by atoms with van der Waals surface area (Å²) >= 11 is 6.11. The van der Waals surface area contributed by atoms with Gasteiger partial charge in [-0.2, -0.15) is 0 Å². The Balaban J connectivity index is 1.98. The Kier molecular flexibility index (Phi) is 10.5. The van der Waals surface area contributed by atoms with Gasteiger partial charge in [-0.1, -0.05) is 82.7 Å². The predicted octanol–water partition coefficient (Wildman–Crippen LogP) is 6.05. The van der Waals surface area contributed by atoms with Crippen LogP contribution in [0.25, 0.3) is 0 Å². The number of hydrogen-bond acceptors (Lipinski definition) is 2. The maximum Gasteiger partial charge on any atom is 0.0637 e. The first kappa shape index (κ1) is 18.4. The van der Waals surface area contributed by atoms with Crippen molar-refractivity contribution in [2.75, 3.05) is 0 Å². The van der Waals surface area contributed by atoms with Gasteiger partial charge < -0.3 is 5.73 Å². The Morgan fingerprint density at radius 1 is 1.00 bits per heavy atom. The zero-order valence-corrected chi connectivity index (χ0v) is 14.2. The average Bonchev–Trinajstić information content (AvgIpc) is 2.49. The smallest absolute Gasteiger partial charge is 0.0637 e. The van der Waals surface area contributed by atoms with Crippen LogP contribution < -0.4 is 5.73 Å². The maximum atomic E-state index is 6.19. The molecule has 0 aromatic carbocycles. The van der Waals surface area contributed by atoms with Gasteiger partial charge in [0.15, 0.2) is 0 Å². The van der Waals surface area contributed by atoms with Gasteiger partial charge in [0.25, 0.3) is 0 Å². The fourth-order valence-electron chi connectivity index (χ4n) is 2.69. The summed E-state index contributed by atoms with van der Waals surface area (Å²) in [5.74, 6) is 0. The summed E-state index contributed by atoms with van der Waals surface area (Å²) in [5.41, 5.74) is 7.22. The van der Waals surface area contributed by atoms with Crippen molar-refractivity contribution in [3.05, 3.63) is 29.0 Å². The van der Waals surface area contributed by atoms with E-state index in [0.29, 0.717) is 5.02 Å². The van der Waals surface area contributed by atoms with Gasteiger partial charge >= 0.3 is 0 Å². The Bertz CT molecular complexity index is 368. The van der Waals surface area contributed by atoms with Crippen molar-refractivity contribution in [2.24, 2.45) is 5.73 Å². The van der Waals surface area contributed by atoms with E-state index in [4.69, 9.17) is 17.3 Å². The van der Waals surface area contributed by atoms with Gasteiger partial charge in [0.2, 0.25) is 0 Å². The molecule has 0 saturated carbocycles. The number of hydrogen-bond donors (Lipinski definition) is 1. The first-order chi connectivity index (χ1) is 10.3. The molecule has 1 unspecified atom stereocenters. The molecular weight excluding hydrogens is 280 g/mol. The van der Waals surface area contributed by atoms with Gasteiger partial charge in [-0.15, -0.1) is 0 Å². The molecule has 0 aliphatic heterocycles. The van der Waals surface area contributed by atoms with E-state index in [1.807, 2.05) is 6.07 Å². The quantitative estimate of drug-likeness (QED) is 0.477. The molecule has 0 amide bonds. The summed E-state index contributed by atoms with van der Waals surface area (Å²) in [6.45, 7) is 2.27. The largest absolute Gasteiger partial charge is 0.324 e. The highest BCUT2D eigenvalue weighted by atomic mass is 35.5. The molecule has 1 aromatic rings. The molecule has 0 radical (unpaired) electrons. The van der Waals surface area contributed by atoms with Crippen LogP contribution in [0.5, 0.6) is 0 Å². The second-order valence-electron chi connectivity index (χ2n) is 5.97. The lowest BCUT2D eigenvalue weighted by molar-refractivity contribution is 0.529. The molecule has 0 fully saturated rings. The van der Waals surface area contributed by atoms with Gasteiger partial charge in [-0.3, -0.25) is 4.98 Å². The molecule has 0 aliphatic rings. The van der Waals surface area contributed by atoms with E-state index in [1.165, 1.54) is 64.2 Å². The highest BCUT2D eigenvalue weighted by Gasteiger charge is 2.09. The van der Waals surface area contributed by atoms with Crippen molar-refractivity contribution in [2.45, 2.75) is 83.6 Å². The monoisotopic (exact) mass is 310 g/mol. The molecule has 1 atom stereocenters. The number of aromatic nitrogens is 1. The standard InChI is InChI=1S/C18H31ClN2/c1-2-3-4-5-6-7-8-9-10-11-12-18(20)16-13-14-21-15-17(16)19/h13-15,18H,2-12,20H2,1H3. The highest BCUT2D eigenvalue weighted by molar-refractivity contribution is 6.31. The average molecular weight is 311 g/mol. The third kappa shape index (κ3) is 8.43. The SMILES string of the molecule is CCCCCCCCCCCCC(N)c1ccncc1Cl. The predicted molar refractivity (Wildman–Crippen MR) is 92.6 cm³/mol. The third-order valence-electron chi connectivity index (χ3n) is 4.07. The van der Waals surface area contributed by atoms with Crippen LogP contribution in [-0.4, -0.2) is 4.98 Å². The van der Waals surface area contributed by atoms with Gasteiger partial charge in [-0.25, -0.2) is 0 Å². The van der Waals surface area contributed by atoms with Crippen LogP contribution in [0, 0.1) is 0 Å². The molecule has 2 nitrogen and oxygen atoms in total. The van der Waals surface area contributed by atoms with Crippen molar-refractivity contribution < 1.29 is 0 Å². The summed E-state index contributed by atoms with van der Waals surface area (Å²) in [6.07, 6.45) is 18.0. The summed E-state index contributed by atoms with van der Waals surface area (Å²) in [4.78, 5) is 4.00. The van der Waals surface area contributed by atoms with Gasteiger partial charge in [0, 0.05) is 18.4 Å². The molecule has 0 aliphatic carbocycles. The van der Waals surface area contributed by atoms with Gasteiger partial charge in [0.1, 0.15) is 0 Å². The van der Waals surface area contributed by atoms with E-state index in [9.17, 15) is 0 Å². The summed E-state index contributed by atoms with van der Waals surface area (Å²) < 4.78 is 0. The van der Waals surface area contributed by atoms with Crippen molar-refractivity contribution in [3.63, 3.8) is 0 Å². The molecule has 1 rings (SSSR count). The maximum absolute atomic E-state index is 6.19. The van der Waals surface area contributed by atoms with Crippen molar-refractivity contribution in [1.82, 2.24) is 4.98 Å². The highest BCUT2D eigenvalue weighted by Crippen LogP contribution is 2.24. The molecule has 0 bridgehead atoms. The lowest BCUT2D eigenvalue weighted by Gasteiger charge is -2.13. The minimum atomic E-state index is 0.0505. The molecule has 1 heterocycles. The van der Waals surface area contributed by atoms with Crippen LogP contribution in [0.4, 0.5) is 0 Å². The van der Waals surface area contributed by atoms with E-state index < -0.39 is 0 Å². The number of pyridine rings is 1. The Hall–Kier alpha value is -0.600. The Morgan fingerprint density at radius 2 is 1.57 bits per heavy atom. The Morgan fingerprint density at radius 3 is 2.14 bits per heavy atom. The molecule has 2 N–H and O–H groups in total. The summed E-state index contributed by atoms with van der Waals surface area (Å²) in [6, 6.07) is 1.98. The second-order valence-corrected chi connectivity index (χ2v) is 6.38. The lowest BCUT2D eigenvalue weighted by Crippen LogP contribution is -2.10. The lowest BCUT2D eigenvalue weighted by atomic mass is 10.0. The van der Waals surface area contributed by atoms with Crippen LogP contribution >= 0.6 is 11.6 Å². The van der Waals surface area contributed by atoms with E-state index >= 15 is 0 Å².